The summed E-state index contributed by atoms with van der Waals surface area (Å²) >= 11 is 0. The minimum absolute atomic E-state index is 0. The number of phosphoric ester groups is 1. The fraction of sp³-hybridized carbons (Fsp3) is 0. The Hall–Kier alpha value is 5.97. The number of carboxylic acid groups (broad SMARTS) is 1. The van der Waals surface area contributed by atoms with Crippen molar-refractivity contribution in [3.63, 3.8) is 0 Å². The van der Waals surface area contributed by atoms with E-state index in [9.17, 15) is 9.36 Å². The van der Waals surface area contributed by atoms with Crippen molar-refractivity contribution in [2.75, 3.05) is 0 Å². The molecule has 0 bridgehead atoms. The van der Waals surface area contributed by atoms with Gasteiger partial charge in [0.15, 0.2) is 0 Å². The summed E-state index contributed by atoms with van der Waals surface area (Å²) in [6.45, 7) is 0. The molecule has 3 N–H and O–H groups in total. The zero-order valence-corrected chi connectivity index (χ0v) is 4.41. The summed E-state index contributed by atoms with van der Waals surface area (Å²) in [6, 6.07) is 0. The van der Waals surface area contributed by atoms with E-state index in [1.54, 1.807) is 0 Å². The zero-order valence-electron chi connectivity index (χ0n) is 3.51. The van der Waals surface area contributed by atoms with Crippen LogP contribution in [0.25, 0.3) is 0 Å². The van der Waals surface area contributed by atoms with E-state index in [0.29, 0.717) is 0 Å². The molecule has 0 aliphatic carbocycles. The van der Waals surface area contributed by atoms with Gasteiger partial charge in [-0.15, -0.1) is 0 Å². The molecule has 0 radical (unpaired) electrons. The number of hydrogen-bond donors (Lipinski definition) is 3. The monoisotopic (exact) mass is 302 g/mol. The van der Waals surface area contributed by atoms with E-state index < -0.39 is 14.0 Å². The first kappa shape index (κ1) is 30.8. The van der Waals surface area contributed by atoms with E-state index in [1.165, 1.54) is 0 Å². The molecule has 0 saturated heterocycles. The molecule has 0 unspecified atom stereocenters. The van der Waals surface area contributed by atoms with Crippen molar-refractivity contribution < 1.29 is 28.8 Å². The Kier molecular flexibility index (Phi) is 43.5. The molecule has 0 heterocycles. The number of hydrogen-bond acceptors (Lipinski definition) is 3. The minimum atomic E-state index is -4.82. The summed E-state index contributed by atoms with van der Waals surface area (Å²) in [5.74, 6) is 0. The second kappa shape index (κ2) is 17.0. The molecule has 12 heavy (non-hydrogen) atoms. The van der Waals surface area contributed by atoms with E-state index in [4.69, 9.17) is 14.9 Å². The van der Waals surface area contributed by atoms with Gasteiger partial charge < -0.3 is 9.63 Å². The molecule has 0 atom stereocenters. The Bertz CT molecular complexity index is 142. The molecule has 0 fully saturated rings. The third-order valence-corrected chi connectivity index (χ3v) is 0.591. The predicted octanol–water partition coefficient (Wildman–Crippen LogP) is -2.82. The van der Waals surface area contributed by atoms with Crippen LogP contribution in [0.1, 0.15) is 0 Å². The van der Waals surface area contributed by atoms with Crippen LogP contribution in [0.4, 0.5) is 4.79 Å². The average Bonchev–Trinajstić information content (AvgIpc) is 1.21. The van der Waals surface area contributed by atoms with E-state index in [-0.39, 0.29) is 206 Å². The van der Waals surface area contributed by atoms with Gasteiger partial charge >= 0.3 is 220 Å². The Morgan fingerprint density at radius 2 is 1.33 bits per heavy atom. The normalized spacial score (nSPS) is 7.17. The molecule has 6 nitrogen and oxygen atoms in total. The second-order valence-corrected chi connectivity index (χ2v) is 2.01. The summed E-state index contributed by atoms with van der Waals surface area (Å²) < 4.78 is 12.6. The first-order valence-corrected chi connectivity index (χ1v) is 2.93. The molecule has 11 heteroatoms. The van der Waals surface area contributed by atoms with Crippen molar-refractivity contribution in [3.8, 4) is 0 Å². The third-order valence-electron chi connectivity index (χ3n) is 0.197. The summed E-state index contributed by atoms with van der Waals surface area (Å²) in [5, 5.41) is 7.53. The molecule has 0 aliphatic rings. The quantitative estimate of drug-likeness (QED) is 0.356. The van der Waals surface area contributed by atoms with Crippen LogP contribution in [0.3, 0.4) is 0 Å². The Morgan fingerprint density at radius 1 is 1.08 bits per heavy atom. The molecule has 0 aromatic heterocycles. The van der Waals surface area contributed by atoms with Gasteiger partial charge in [0.05, 0.1) is 0 Å². The summed E-state index contributed by atoms with van der Waals surface area (Å²) in [6.07, 6.45) is -1.99. The van der Waals surface area contributed by atoms with E-state index in [1.807, 2.05) is 0 Å². The van der Waals surface area contributed by atoms with Crippen molar-refractivity contribution in [1.29, 1.82) is 0 Å². The fourth-order valence-corrected chi connectivity index (χ4v) is 0.305. The van der Waals surface area contributed by atoms with Crippen LogP contribution in [-0.2, 0) is 9.09 Å². The predicted molar refractivity (Wildman–Crippen MR) is 49.7 cm³/mol. The Balaban J connectivity index is -0.0000000408. The molecular formula is CH7K4O6P. The molecule has 0 aromatic carbocycles. The SMILES string of the molecule is O=C(O)OP(=O)(O)O.[KH].[KH].[KH].[KH]. The molecule has 0 amide bonds. The molecule has 0 rings (SSSR count). The van der Waals surface area contributed by atoms with Crippen LogP contribution in [0.15, 0.2) is 0 Å². The van der Waals surface area contributed by atoms with Crippen LogP contribution in [0, 0.1) is 0 Å². The molecule has 0 spiro atoms. The van der Waals surface area contributed by atoms with E-state index in [0.717, 1.165) is 0 Å². The second-order valence-electron chi connectivity index (χ2n) is 0.848. The zero-order chi connectivity index (χ0) is 6.78. The van der Waals surface area contributed by atoms with Crippen molar-refractivity contribution in [1.82, 2.24) is 0 Å². The first-order chi connectivity index (χ1) is 3.42. The topological polar surface area (TPSA) is 104 Å². The Labute approximate surface area is 240 Å². The van der Waals surface area contributed by atoms with Gasteiger partial charge in [-0.1, -0.05) is 0 Å². The van der Waals surface area contributed by atoms with Crippen LogP contribution < -0.4 is 0 Å². The average molecular weight is 302 g/mol. The van der Waals surface area contributed by atoms with Crippen molar-refractivity contribution >= 4 is 220 Å². The first-order valence-electron chi connectivity index (χ1n) is 1.40. The standard InChI is InChI=1S/CH3O6P.4K.4H/c2-1(3)7-8(4,5)6;;;;;;;;/h(H,2,3)(H2,4,5,6);;;;;;;;. The van der Waals surface area contributed by atoms with Gasteiger partial charge in [0.1, 0.15) is 0 Å². The van der Waals surface area contributed by atoms with E-state index in [2.05, 4.69) is 4.52 Å². The van der Waals surface area contributed by atoms with Gasteiger partial charge in [0.25, 0.3) is 0 Å². The third kappa shape index (κ3) is 29.7. The molecular weight excluding hydrogens is 295 g/mol. The summed E-state index contributed by atoms with van der Waals surface area (Å²) in [4.78, 5) is 24.7. The fourth-order valence-electron chi connectivity index (χ4n) is 0.102. The van der Waals surface area contributed by atoms with Crippen LogP contribution in [-0.4, -0.2) is 227 Å². The number of rotatable bonds is 1. The van der Waals surface area contributed by atoms with Crippen molar-refractivity contribution in [3.05, 3.63) is 0 Å². The maximum atomic E-state index is 9.53. The van der Waals surface area contributed by atoms with Crippen LogP contribution >= 0.6 is 7.82 Å². The van der Waals surface area contributed by atoms with Gasteiger partial charge in [0.2, 0.25) is 0 Å². The molecule has 0 aliphatic heterocycles. The number of phosphoric acid groups is 1. The van der Waals surface area contributed by atoms with E-state index >= 15 is 0 Å². The van der Waals surface area contributed by atoms with Gasteiger partial charge in [-0.3, -0.25) is 9.79 Å². The Morgan fingerprint density at radius 3 is 1.33 bits per heavy atom. The van der Waals surface area contributed by atoms with Crippen molar-refractivity contribution in [2.45, 2.75) is 0 Å². The molecule has 56 valence electrons. The van der Waals surface area contributed by atoms with Crippen LogP contribution in [0.5, 0.6) is 0 Å². The van der Waals surface area contributed by atoms with Gasteiger partial charge in [-0.05, 0) is 0 Å². The van der Waals surface area contributed by atoms with Crippen molar-refractivity contribution in [2.24, 2.45) is 0 Å². The van der Waals surface area contributed by atoms with Gasteiger partial charge in [-0.25, -0.2) is 9.36 Å². The summed E-state index contributed by atoms with van der Waals surface area (Å²) in [5.41, 5.74) is 0. The van der Waals surface area contributed by atoms with Gasteiger partial charge in [-0.2, -0.15) is 0 Å². The maximum absolute atomic E-state index is 9.53. The van der Waals surface area contributed by atoms with Crippen LogP contribution in [0.2, 0.25) is 0 Å². The van der Waals surface area contributed by atoms with Gasteiger partial charge in [0, 0.05) is 0 Å². The molecule has 0 aromatic rings. The number of carbonyl (C=O) groups is 1. The summed E-state index contributed by atoms with van der Waals surface area (Å²) in [7, 11) is -4.82. The molecule has 0 saturated carbocycles.